The predicted octanol–water partition coefficient (Wildman–Crippen LogP) is 6.47. The van der Waals surface area contributed by atoms with Gasteiger partial charge in [0, 0.05) is 22.0 Å². The molecular formula is C28H30ClN3O3S. The topological polar surface area (TPSA) is 65.4 Å². The minimum absolute atomic E-state index is 0.116. The normalized spacial score (nSPS) is 14.3. The molecule has 188 valence electrons. The van der Waals surface area contributed by atoms with Crippen LogP contribution in [0.3, 0.4) is 0 Å². The molecule has 0 aliphatic heterocycles. The second-order valence-electron chi connectivity index (χ2n) is 9.08. The molecule has 4 aromatic rings. The Labute approximate surface area is 219 Å². The van der Waals surface area contributed by atoms with Crippen LogP contribution in [0.5, 0.6) is 11.5 Å². The number of thiophene rings is 1. The minimum atomic E-state index is -0.116. The standard InChI is InChI=1S/C28H30ClN3O3S/c1-34-25-16-22(12-13-24(25)35-15-5-14-30-21-6-3-2-4-7-21)32-18-31-23-17-26(36-27(23)28(32)33)19-8-10-20(29)11-9-19/h8-13,16-18,21,30H,2-7,14-15H2,1H3. The fourth-order valence-corrected chi connectivity index (χ4v) is 5.82. The van der Waals surface area contributed by atoms with Crippen LogP contribution in [0, 0.1) is 0 Å². The number of aromatic nitrogens is 2. The molecule has 0 unspecified atom stereocenters. The molecule has 0 amide bonds. The van der Waals surface area contributed by atoms with Crippen molar-refractivity contribution in [3.63, 3.8) is 0 Å². The van der Waals surface area contributed by atoms with Gasteiger partial charge in [0.15, 0.2) is 11.5 Å². The summed E-state index contributed by atoms with van der Waals surface area (Å²) in [5, 5.41) is 4.32. The SMILES string of the molecule is COc1cc(-n2cnc3cc(-c4ccc(Cl)cc4)sc3c2=O)ccc1OCCCNC1CCCCC1. The van der Waals surface area contributed by atoms with Crippen LogP contribution in [0.1, 0.15) is 38.5 Å². The Morgan fingerprint density at radius 2 is 1.89 bits per heavy atom. The molecule has 6 nitrogen and oxygen atoms in total. The smallest absolute Gasteiger partial charge is 0.275 e. The highest BCUT2D eigenvalue weighted by molar-refractivity contribution is 7.22. The molecule has 2 aromatic carbocycles. The van der Waals surface area contributed by atoms with Crippen LogP contribution in [0.4, 0.5) is 0 Å². The lowest BCUT2D eigenvalue weighted by atomic mass is 9.95. The lowest BCUT2D eigenvalue weighted by Crippen LogP contribution is -2.32. The Bertz CT molecular complexity index is 1380. The van der Waals surface area contributed by atoms with Crippen LogP contribution in [-0.2, 0) is 0 Å². The first-order valence-corrected chi connectivity index (χ1v) is 13.6. The summed E-state index contributed by atoms with van der Waals surface area (Å²) < 4.78 is 13.7. The van der Waals surface area contributed by atoms with Gasteiger partial charge < -0.3 is 14.8 Å². The van der Waals surface area contributed by atoms with Gasteiger partial charge in [0.05, 0.1) is 24.9 Å². The van der Waals surface area contributed by atoms with Crippen molar-refractivity contribution in [3.05, 3.63) is 70.2 Å². The zero-order valence-corrected chi connectivity index (χ0v) is 21.9. The summed E-state index contributed by atoms with van der Waals surface area (Å²) in [6.45, 7) is 1.55. The van der Waals surface area contributed by atoms with Crippen molar-refractivity contribution in [1.82, 2.24) is 14.9 Å². The number of nitrogens with one attached hydrogen (secondary N) is 1. The monoisotopic (exact) mass is 523 g/mol. The van der Waals surface area contributed by atoms with Crippen molar-refractivity contribution in [2.75, 3.05) is 20.3 Å². The van der Waals surface area contributed by atoms with Crippen LogP contribution >= 0.6 is 22.9 Å². The summed E-state index contributed by atoms with van der Waals surface area (Å²) in [6.07, 6.45) is 9.09. The maximum Gasteiger partial charge on any atom is 0.275 e. The molecule has 1 aliphatic carbocycles. The van der Waals surface area contributed by atoms with E-state index in [1.807, 2.05) is 48.5 Å². The Kier molecular flexibility index (Phi) is 7.90. The molecule has 1 saturated carbocycles. The Balaban J connectivity index is 1.29. The molecule has 8 heteroatoms. The van der Waals surface area contributed by atoms with Gasteiger partial charge in [-0.05, 0) is 61.7 Å². The summed E-state index contributed by atoms with van der Waals surface area (Å²) in [5.41, 5.74) is 2.25. The van der Waals surface area contributed by atoms with Crippen LogP contribution in [0.15, 0.2) is 59.7 Å². The molecule has 0 radical (unpaired) electrons. The third kappa shape index (κ3) is 5.59. The van der Waals surface area contributed by atoms with E-state index in [2.05, 4.69) is 10.3 Å². The highest BCUT2D eigenvalue weighted by atomic mass is 35.5. The first kappa shape index (κ1) is 24.8. The highest BCUT2D eigenvalue weighted by Gasteiger charge is 2.14. The maximum atomic E-state index is 13.3. The van der Waals surface area contributed by atoms with Gasteiger partial charge >= 0.3 is 0 Å². The third-order valence-corrected chi connectivity index (χ3v) is 8.02. The highest BCUT2D eigenvalue weighted by Crippen LogP contribution is 2.33. The number of benzene rings is 2. The van der Waals surface area contributed by atoms with E-state index < -0.39 is 0 Å². The fraction of sp³-hybridized carbons (Fsp3) is 0.357. The number of nitrogens with zero attached hydrogens (tertiary/aromatic N) is 2. The molecule has 1 aliphatic rings. The van der Waals surface area contributed by atoms with Gasteiger partial charge in [0.1, 0.15) is 11.0 Å². The van der Waals surface area contributed by atoms with Gasteiger partial charge in [0.25, 0.3) is 5.56 Å². The first-order chi connectivity index (χ1) is 17.6. The molecule has 5 rings (SSSR count). The predicted molar refractivity (Wildman–Crippen MR) is 147 cm³/mol. The number of hydrogen-bond donors (Lipinski definition) is 1. The molecule has 0 bridgehead atoms. The molecule has 1 N–H and O–H groups in total. The number of ether oxygens (including phenoxy) is 2. The average molecular weight is 524 g/mol. The van der Waals surface area contributed by atoms with E-state index >= 15 is 0 Å². The number of fused-ring (bicyclic) bond motifs is 1. The second kappa shape index (κ2) is 11.5. The zero-order valence-electron chi connectivity index (χ0n) is 20.3. The third-order valence-electron chi connectivity index (χ3n) is 6.61. The van der Waals surface area contributed by atoms with E-state index in [1.54, 1.807) is 18.0 Å². The number of hydrogen-bond acceptors (Lipinski definition) is 6. The molecule has 36 heavy (non-hydrogen) atoms. The van der Waals surface area contributed by atoms with Crippen LogP contribution in [0.2, 0.25) is 5.02 Å². The summed E-state index contributed by atoms with van der Waals surface area (Å²) in [4.78, 5) is 18.8. The van der Waals surface area contributed by atoms with E-state index in [-0.39, 0.29) is 5.56 Å². The Morgan fingerprint density at radius 1 is 1.08 bits per heavy atom. The van der Waals surface area contributed by atoms with E-state index in [0.717, 1.165) is 23.4 Å². The zero-order chi connectivity index (χ0) is 24.9. The molecular weight excluding hydrogens is 494 g/mol. The van der Waals surface area contributed by atoms with Crippen molar-refractivity contribution < 1.29 is 9.47 Å². The second-order valence-corrected chi connectivity index (χ2v) is 10.6. The lowest BCUT2D eigenvalue weighted by Gasteiger charge is -2.22. The number of methoxy groups -OCH3 is 1. The van der Waals surface area contributed by atoms with E-state index in [4.69, 9.17) is 21.1 Å². The summed E-state index contributed by atoms with van der Waals surface area (Å²) in [6, 6.07) is 15.7. The van der Waals surface area contributed by atoms with Crippen molar-refractivity contribution in [2.24, 2.45) is 0 Å². The summed E-state index contributed by atoms with van der Waals surface area (Å²) in [7, 11) is 1.61. The summed E-state index contributed by atoms with van der Waals surface area (Å²) in [5.74, 6) is 1.26. The molecule has 0 saturated heterocycles. The van der Waals surface area contributed by atoms with Crippen LogP contribution in [-0.4, -0.2) is 35.9 Å². The van der Waals surface area contributed by atoms with Crippen molar-refractivity contribution in [2.45, 2.75) is 44.6 Å². The van der Waals surface area contributed by atoms with Crippen molar-refractivity contribution in [3.8, 4) is 27.6 Å². The van der Waals surface area contributed by atoms with Gasteiger partial charge in [-0.2, -0.15) is 0 Å². The van der Waals surface area contributed by atoms with E-state index in [0.29, 0.717) is 45.1 Å². The lowest BCUT2D eigenvalue weighted by molar-refractivity contribution is 0.280. The minimum Gasteiger partial charge on any atom is -0.493 e. The number of halogens is 1. The average Bonchev–Trinajstić information content (AvgIpc) is 3.35. The van der Waals surface area contributed by atoms with E-state index in [1.165, 1.54) is 43.4 Å². The summed E-state index contributed by atoms with van der Waals surface area (Å²) >= 11 is 7.44. The van der Waals surface area contributed by atoms with Gasteiger partial charge in [-0.25, -0.2) is 4.98 Å². The molecule has 2 aromatic heterocycles. The quantitative estimate of drug-likeness (QED) is 0.255. The van der Waals surface area contributed by atoms with Crippen LogP contribution in [0.25, 0.3) is 26.3 Å². The van der Waals surface area contributed by atoms with Gasteiger partial charge in [0.2, 0.25) is 0 Å². The van der Waals surface area contributed by atoms with Crippen molar-refractivity contribution >= 4 is 33.2 Å². The Morgan fingerprint density at radius 3 is 2.67 bits per heavy atom. The first-order valence-electron chi connectivity index (χ1n) is 12.4. The van der Waals surface area contributed by atoms with E-state index in [9.17, 15) is 4.79 Å². The maximum absolute atomic E-state index is 13.3. The molecule has 0 atom stereocenters. The Hall–Kier alpha value is -2.87. The molecule has 2 heterocycles. The fourth-order valence-electron chi connectivity index (χ4n) is 4.65. The van der Waals surface area contributed by atoms with Crippen LogP contribution < -0.4 is 20.3 Å². The van der Waals surface area contributed by atoms with Crippen molar-refractivity contribution in [1.29, 1.82) is 0 Å². The van der Waals surface area contributed by atoms with Gasteiger partial charge in [-0.15, -0.1) is 11.3 Å². The largest absolute Gasteiger partial charge is 0.493 e. The van der Waals surface area contributed by atoms with Gasteiger partial charge in [-0.1, -0.05) is 43.0 Å². The molecule has 1 fully saturated rings. The molecule has 0 spiro atoms. The van der Waals surface area contributed by atoms with Gasteiger partial charge in [-0.3, -0.25) is 9.36 Å². The number of rotatable bonds is 9.